The van der Waals surface area contributed by atoms with Crippen LogP contribution >= 0.6 is 0 Å². The Hall–Kier alpha value is -3.29. The lowest BCUT2D eigenvalue weighted by atomic mass is 10.1. The fraction of sp³-hybridized carbons (Fsp3) is 0.292. The third-order valence-corrected chi connectivity index (χ3v) is 5.11. The van der Waals surface area contributed by atoms with Gasteiger partial charge in [0, 0.05) is 11.3 Å². The average molecular weight is 418 g/mol. The van der Waals surface area contributed by atoms with Crippen LogP contribution in [0.3, 0.4) is 0 Å². The van der Waals surface area contributed by atoms with E-state index in [0.29, 0.717) is 24.7 Å². The summed E-state index contributed by atoms with van der Waals surface area (Å²) in [5.74, 6) is 1.40. The highest BCUT2D eigenvalue weighted by atomic mass is 16.5. The van der Waals surface area contributed by atoms with Crippen LogP contribution in [0, 0.1) is 0 Å². The van der Waals surface area contributed by atoms with Gasteiger partial charge in [-0.1, -0.05) is 12.1 Å². The minimum atomic E-state index is -0.122. The third kappa shape index (κ3) is 4.57. The van der Waals surface area contributed by atoms with Gasteiger partial charge in [-0.2, -0.15) is 5.10 Å². The van der Waals surface area contributed by atoms with Crippen LogP contribution in [0.25, 0.3) is 28.0 Å². The molecule has 31 heavy (non-hydrogen) atoms. The molecule has 3 aromatic heterocycles. The van der Waals surface area contributed by atoms with Crippen LogP contribution in [0.5, 0.6) is 5.75 Å². The van der Waals surface area contributed by atoms with Crippen molar-refractivity contribution in [2.45, 2.75) is 32.8 Å². The van der Waals surface area contributed by atoms with E-state index in [0.717, 1.165) is 52.9 Å². The normalized spacial score (nSPS) is 11.2. The van der Waals surface area contributed by atoms with Gasteiger partial charge in [-0.25, -0.2) is 9.67 Å². The SMILES string of the molecule is CCOc1cc(-c2cccc(CCCCN)n2)cc2c1cnn2-c1cccc(CO)n1. The molecule has 0 saturated heterocycles. The second kappa shape index (κ2) is 9.68. The maximum absolute atomic E-state index is 9.46. The summed E-state index contributed by atoms with van der Waals surface area (Å²) in [5, 5.41) is 14.9. The highest BCUT2D eigenvalue weighted by molar-refractivity contribution is 5.90. The number of ether oxygens (including phenoxy) is 1. The second-order valence-corrected chi connectivity index (χ2v) is 7.30. The molecule has 3 N–H and O–H groups in total. The van der Waals surface area contributed by atoms with Crippen LogP contribution < -0.4 is 10.5 Å². The van der Waals surface area contributed by atoms with Gasteiger partial charge in [0.25, 0.3) is 0 Å². The van der Waals surface area contributed by atoms with Crippen molar-refractivity contribution in [2.75, 3.05) is 13.2 Å². The summed E-state index contributed by atoms with van der Waals surface area (Å²) < 4.78 is 7.70. The van der Waals surface area contributed by atoms with E-state index in [9.17, 15) is 5.11 Å². The van der Waals surface area contributed by atoms with Crippen molar-refractivity contribution in [3.8, 4) is 22.8 Å². The number of aryl methyl sites for hydroxylation is 1. The Bertz CT molecular complexity index is 1170. The first-order valence-electron chi connectivity index (χ1n) is 10.6. The van der Waals surface area contributed by atoms with Crippen molar-refractivity contribution < 1.29 is 9.84 Å². The quantitative estimate of drug-likeness (QED) is 0.403. The first-order valence-corrected chi connectivity index (χ1v) is 10.6. The number of nitrogens with zero attached hydrogens (tertiary/aromatic N) is 4. The van der Waals surface area contributed by atoms with Crippen LogP contribution in [0.15, 0.2) is 54.7 Å². The fourth-order valence-corrected chi connectivity index (χ4v) is 3.60. The molecular formula is C24H27N5O2. The molecule has 0 fully saturated rings. The number of rotatable bonds is 9. The Labute approximate surface area is 181 Å². The molecule has 0 amide bonds. The maximum atomic E-state index is 9.46. The molecule has 0 saturated carbocycles. The van der Waals surface area contributed by atoms with Crippen LogP contribution in [0.4, 0.5) is 0 Å². The molecule has 0 atom stereocenters. The smallest absolute Gasteiger partial charge is 0.154 e. The number of hydrogen-bond donors (Lipinski definition) is 2. The van der Waals surface area contributed by atoms with E-state index in [1.807, 2.05) is 37.3 Å². The highest BCUT2D eigenvalue weighted by Gasteiger charge is 2.14. The third-order valence-electron chi connectivity index (χ3n) is 5.11. The summed E-state index contributed by atoms with van der Waals surface area (Å²) in [6.45, 7) is 3.09. The van der Waals surface area contributed by atoms with Gasteiger partial charge in [0.05, 0.1) is 41.7 Å². The number of aliphatic hydroxyl groups is 1. The standard InChI is InChI=1S/C24H27N5O2/c1-2-31-23-14-17(21-10-5-8-18(27-21)7-3-4-12-25)13-22-20(23)15-26-29(22)24-11-6-9-19(16-30)28-24/h5-6,8-11,13-15,30H,2-4,7,12,16,25H2,1H3. The van der Waals surface area contributed by atoms with E-state index < -0.39 is 0 Å². The van der Waals surface area contributed by atoms with E-state index in [2.05, 4.69) is 22.2 Å². The van der Waals surface area contributed by atoms with Gasteiger partial charge in [-0.3, -0.25) is 4.98 Å². The van der Waals surface area contributed by atoms with Crippen LogP contribution in [0.2, 0.25) is 0 Å². The molecule has 0 radical (unpaired) electrons. The second-order valence-electron chi connectivity index (χ2n) is 7.30. The summed E-state index contributed by atoms with van der Waals surface area (Å²) in [6, 6.07) is 15.7. The molecule has 4 rings (SSSR count). The zero-order valence-corrected chi connectivity index (χ0v) is 17.7. The molecule has 7 heteroatoms. The van der Waals surface area contributed by atoms with E-state index in [-0.39, 0.29) is 6.61 Å². The molecule has 0 unspecified atom stereocenters. The Morgan fingerprint density at radius 3 is 2.68 bits per heavy atom. The van der Waals surface area contributed by atoms with Crippen LogP contribution in [0.1, 0.15) is 31.2 Å². The number of hydrogen-bond acceptors (Lipinski definition) is 6. The molecule has 0 aliphatic carbocycles. The lowest BCUT2D eigenvalue weighted by Gasteiger charge is -2.11. The topological polar surface area (TPSA) is 99.1 Å². The minimum Gasteiger partial charge on any atom is -0.493 e. The van der Waals surface area contributed by atoms with Crippen molar-refractivity contribution >= 4 is 10.9 Å². The molecular weight excluding hydrogens is 390 g/mol. The summed E-state index contributed by atoms with van der Waals surface area (Å²) in [5.41, 5.74) is 9.98. The number of nitrogens with two attached hydrogens (primary N) is 1. The van der Waals surface area contributed by atoms with Crippen molar-refractivity contribution in [3.63, 3.8) is 0 Å². The highest BCUT2D eigenvalue weighted by Crippen LogP contribution is 2.33. The van der Waals surface area contributed by atoms with E-state index in [1.165, 1.54) is 0 Å². The number of aliphatic hydroxyl groups excluding tert-OH is 1. The summed E-state index contributed by atoms with van der Waals surface area (Å²) in [7, 11) is 0. The van der Waals surface area contributed by atoms with Gasteiger partial charge in [-0.05, 0) is 69.1 Å². The minimum absolute atomic E-state index is 0.122. The molecule has 160 valence electrons. The molecule has 3 heterocycles. The Kier molecular flexibility index (Phi) is 6.54. The summed E-state index contributed by atoms with van der Waals surface area (Å²) in [6.07, 6.45) is 4.71. The first kappa shape index (κ1) is 21.0. The lowest BCUT2D eigenvalue weighted by Crippen LogP contribution is -2.02. The molecule has 0 aliphatic rings. The predicted molar refractivity (Wildman–Crippen MR) is 121 cm³/mol. The van der Waals surface area contributed by atoms with Crippen molar-refractivity contribution in [2.24, 2.45) is 5.73 Å². The molecule has 0 bridgehead atoms. The van der Waals surface area contributed by atoms with Crippen molar-refractivity contribution in [1.82, 2.24) is 19.7 Å². The summed E-state index contributed by atoms with van der Waals surface area (Å²) in [4.78, 5) is 9.36. The van der Waals surface area contributed by atoms with Gasteiger partial charge >= 0.3 is 0 Å². The summed E-state index contributed by atoms with van der Waals surface area (Å²) >= 11 is 0. The van der Waals surface area contributed by atoms with Gasteiger partial charge in [0.1, 0.15) is 5.75 Å². The number of fused-ring (bicyclic) bond motifs is 1. The van der Waals surface area contributed by atoms with Crippen molar-refractivity contribution in [1.29, 1.82) is 0 Å². The number of pyridine rings is 2. The average Bonchev–Trinajstić information content (AvgIpc) is 3.24. The van der Waals surface area contributed by atoms with Crippen LogP contribution in [-0.4, -0.2) is 38.0 Å². The Morgan fingerprint density at radius 1 is 1.03 bits per heavy atom. The van der Waals surface area contributed by atoms with Crippen molar-refractivity contribution in [3.05, 3.63) is 66.1 Å². The molecule has 0 aliphatic heterocycles. The van der Waals surface area contributed by atoms with Crippen LogP contribution in [-0.2, 0) is 13.0 Å². The van der Waals surface area contributed by atoms with Gasteiger partial charge in [0.15, 0.2) is 5.82 Å². The lowest BCUT2D eigenvalue weighted by molar-refractivity contribution is 0.276. The van der Waals surface area contributed by atoms with E-state index in [4.69, 9.17) is 15.5 Å². The van der Waals surface area contributed by atoms with E-state index >= 15 is 0 Å². The fourth-order valence-electron chi connectivity index (χ4n) is 3.60. The molecule has 0 spiro atoms. The zero-order valence-electron chi connectivity index (χ0n) is 17.7. The Morgan fingerprint density at radius 2 is 1.87 bits per heavy atom. The Balaban J connectivity index is 1.80. The molecule has 7 nitrogen and oxygen atoms in total. The number of unbranched alkanes of at least 4 members (excludes halogenated alkanes) is 1. The van der Waals surface area contributed by atoms with Gasteiger partial charge in [0.2, 0.25) is 0 Å². The zero-order chi connectivity index (χ0) is 21.6. The first-order chi connectivity index (χ1) is 15.2. The van der Waals surface area contributed by atoms with E-state index in [1.54, 1.807) is 16.9 Å². The predicted octanol–water partition coefficient (Wildman–Crippen LogP) is 3.65. The number of aromatic nitrogens is 4. The molecule has 4 aromatic rings. The maximum Gasteiger partial charge on any atom is 0.154 e. The number of benzene rings is 1. The largest absolute Gasteiger partial charge is 0.493 e. The monoisotopic (exact) mass is 417 g/mol. The van der Waals surface area contributed by atoms with Gasteiger partial charge in [-0.15, -0.1) is 0 Å². The van der Waals surface area contributed by atoms with Gasteiger partial charge < -0.3 is 15.6 Å². The molecule has 1 aromatic carbocycles.